The minimum atomic E-state index is -0.334. The highest BCUT2D eigenvalue weighted by Crippen LogP contribution is 2.13. The van der Waals surface area contributed by atoms with Gasteiger partial charge in [-0.3, -0.25) is 0 Å². The molecule has 2 aromatic carbocycles. The highest BCUT2D eigenvalue weighted by Gasteiger charge is 2.08. The van der Waals surface area contributed by atoms with E-state index in [9.17, 15) is 4.79 Å². The summed E-state index contributed by atoms with van der Waals surface area (Å²) in [6.45, 7) is 2.71. The molecule has 134 valence electrons. The second kappa shape index (κ2) is 8.66. The van der Waals surface area contributed by atoms with E-state index in [4.69, 9.17) is 13.9 Å². The Hall–Kier alpha value is -3.35. The van der Waals surface area contributed by atoms with Crippen LogP contribution in [0.2, 0.25) is 0 Å². The molecule has 0 saturated carbocycles. The highest BCUT2D eigenvalue weighted by atomic mass is 16.5. The average molecular weight is 353 g/mol. The van der Waals surface area contributed by atoms with E-state index in [0.717, 1.165) is 11.4 Å². The van der Waals surface area contributed by atoms with Crippen molar-refractivity contribution < 1.29 is 18.7 Å². The van der Waals surface area contributed by atoms with Gasteiger partial charge in [0.2, 0.25) is 5.89 Å². The predicted molar refractivity (Wildman–Crippen MR) is 94.8 cm³/mol. The summed E-state index contributed by atoms with van der Waals surface area (Å²) in [6, 6.07) is 16.4. The van der Waals surface area contributed by atoms with Gasteiger partial charge >= 0.3 is 5.97 Å². The maximum absolute atomic E-state index is 11.6. The molecule has 0 unspecified atom stereocenters. The molecular weight excluding hydrogens is 334 g/mol. The summed E-state index contributed by atoms with van der Waals surface area (Å²) < 4.78 is 16.1. The predicted octanol–water partition coefficient (Wildman–Crippen LogP) is 3.44. The van der Waals surface area contributed by atoms with Crippen LogP contribution in [0.1, 0.15) is 29.1 Å². The van der Waals surface area contributed by atoms with Gasteiger partial charge in [0.1, 0.15) is 5.75 Å². The van der Waals surface area contributed by atoms with E-state index in [-0.39, 0.29) is 12.6 Å². The lowest BCUT2D eigenvalue weighted by atomic mass is 10.2. The number of nitrogens with zero attached hydrogens (tertiary/aromatic N) is 2. The molecule has 0 aliphatic heterocycles. The number of para-hydroxylation sites is 1. The van der Waals surface area contributed by atoms with E-state index in [2.05, 4.69) is 15.5 Å². The number of aromatic nitrogens is 2. The lowest BCUT2D eigenvalue weighted by Crippen LogP contribution is -2.05. The first-order chi connectivity index (χ1) is 12.7. The molecule has 1 heterocycles. The Morgan fingerprint density at radius 3 is 2.50 bits per heavy atom. The monoisotopic (exact) mass is 353 g/mol. The first-order valence-electron chi connectivity index (χ1n) is 8.25. The number of nitrogens with one attached hydrogen (secondary N) is 1. The maximum Gasteiger partial charge on any atom is 0.338 e. The molecular formula is C19H19N3O4. The minimum Gasteiger partial charge on any atom is -0.484 e. The normalized spacial score (nSPS) is 10.3. The van der Waals surface area contributed by atoms with Crippen LogP contribution in [0, 0.1) is 0 Å². The van der Waals surface area contributed by atoms with Crippen LogP contribution in [0.5, 0.6) is 5.75 Å². The van der Waals surface area contributed by atoms with Gasteiger partial charge in [0, 0.05) is 5.69 Å². The molecule has 3 aromatic rings. The zero-order valence-corrected chi connectivity index (χ0v) is 14.3. The Bertz CT molecular complexity index is 832. The maximum atomic E-state index is 11.6. The number of ether oxygens (including phenoxy) is 2. The van der Waals surface area contributed by atoms with Crippen LogP contribution >= 0.6 is 0 Å². The Morgan fingerprint density at radius 1 is 1.04 bits per heavy atom. The fourth-order valence-corrected chi connectivity index (χ4v) is 2.20. The van der Waals surface area contributed by atoms with Crippen LogP contribution in [0.25, 0.3) is 0 Å². The number of rotatable bonds is 8. The van der Waals surface area contributed by atoms with Crippen LogP contribution < -0.4 is 10.1 Å². The summed E-state index contributed by atoms with van der Waals surface area (Å²) in [7, 11) is 0. The van der Waals surface area contributed by atoms with Crippen LogP contribution in [0.15, 0.2) is 59.0 Å². The lowest BCUT2D eigenvalue weighted by Gasteiger charge is -2.05. The van der Waals surface area contributed by atoms with Gasteiger partial charge in [0.05, 0.1) is 18.7 Å². The molecule has 26 heavy (non-hydrogen) atoms. The van der Waals surface area contributed by atoms with Gasteiger partial charge in [0.15, 0.2) is 6.61 Å². The van der Waals surface area contributed by atoms with Gasteiger partial charge in [0.25, 0.3) is 5.89 Å². The van der Waals surface area contributed by atoms with E-state index in [1.165, 1.54) is 0 Å². The summed E-state index contributed by atoms with van der Waals surface area (Å²) in [5.41, 5.74) is 1.34. The Kier molecular flexibility index (Phi) is 5.82. The molecule has 0 fully saturated rings. The number of anilines is 1. The number of hydrogen-bond acceptors (Lipinski definition) is 7. The molecule has 0 aliphatic carbocycles. The number of esters is 1. The number of carbonyl (C=O) groups is 1. The van der Waals surface area contributed by atoms with Crippen molar-refractivity contribution in [3.63, 3.8) is 0 Å². The standard InChI is InChI=1S/C19H19N3O4/c1-2-24-19(23)14-8-10-15(11-9-14)20-12-17-21-22-18(26-17)13-25-16-6-4-3-5-7-16/h3-11,20H,2,12-13H2,1H3. The molecule has 1 N–H and O–H groups in total. The van der Waals surface area contributed by atoms with E-state index < -0.39 is 0 Å². The van der Waals surface area contributed by atoms with Crippen molar-refractivity contribution in [2.24, 2.45) is 0 Å². The third kappa shape index (κ3) is 4.83. The van der Waals surface area contributed by atoms with Crippen molar-refractivity contribution in [3.8, 4) is 5.75 Å². The molecule has 0 saturated heterocycles. The zero-order chi connectivity index (χ0) is 18.2. The molecule has 3 rings (SSSR count). The van der Waals surface area contributed by atoms with Gasteiger partial charge in [-0.25, -0.2) is 4.79 Å². The molecule has 0 spiro atoms. The van der Waals surface area contributed by atoms with Crippen molar-refractivity contribution in [3.05, 3.63) is 71.9 Å². The number of carbonyl (C=O) groups excluding carboxylic acids is 1. The fourth-order valence-electron chi connectivity index (χ4n) is 2.20. The summed E-state index contributed by atoms with van der Waals surface area (Å²) in [4.78, 5) is 11.6. The van der Waals surface area contributed by atoms with E-state index in [1.54, 1.807) is 31.2 Å². The number of benzene rings is 2. The van der Waals surface area contributed by atoms with Gasteiger partial charge in [-0.05, 0) is 43.3 Å². The Balaban J connectivity index is 1.49. The van der Waals surface area contributed by atoms with Crippen molar-refractivity contribution in [2.75, 3.05) is 11.9 Å². The van der Waals surface area contributed by atoms with Crippen molar-refractivity contribution in [2.45, 2.75) is 20.1 Å². The summed E-state index contributed by atoms with van der Waals surface area (Å²) in [5, 5.41) is 11.1. The van der Waals surface area contributed by atoms with Crippen molar-refractivity contribution in [1.29, 1.82) is 0 Å². The molecule has 0 radical (unpaired) electrons. The smallest absolute Gasteiger partial charge is 0.338 e. The quantitative estimate of drug-likeness (QED) is 0.621. The van der Waals surface area contributed by atoms with Crippen LogP contribution in [-0.2, 0) is 17.9 Å². The first-order valence-corrected chi connectivity index (χ1v) is 8.25. The third-order valence-corrected chi connectivity index (χ3v) is 3.45. The van der Waals surface area contributed by atoms with Crippen molar-refractivity contribution >= 4 is 11.7 Å². The lowest BCUT2D eigenvalue weighted by molar-refractivity contribution is 0.0526. The van der Waals surface area contributed by atoms with E-state index in [0.29, 0.717) is 30.5 Å². The highest BCUT2D eigenvalue weighted by molar-refractivity contribution is 5.89. The zero-order valence-electron chi connectivity index (χ0n) is 14.3. The average Bonchev–Trinajstić information content (AvgIpc) is 3.14. The second-order valence-electron chi connectivity index (χ2n) is 5.34. The first kappa shape index (κ1) is 17.5. The molecule has 7 nitrogen and oxygen atoms in total. The summed E-state index contributed by atoms with van der Waals surface area (Å²) in [5.74, 6) is 1.26. The molecule has 0 aliphatic rings. The minimum absolute atomic E-state index is 0.214. The second-order valence-corrected chi connectivity index (χ2v) is 5.34. The van der Waals surface area contributed by atoms with Crippen LogP contribution in [0.3, 0.4) is 0 Å². The Labute approximate surface area is 151 Å². The topological polar surface area (TPSA) is 86.5 Å². The molecule has 0 bridgehead atoms. The fraction of sp³-hybridized carbons (Fsp3) is 0.211. The van der Waals surface area contributed by atoms with Gasteiger partial charge in [-0.2, -0.15) is 0 Å². The van der Waals surface area contributed by atoms with Crippen molar-refractivity contribution in [1.82, 2.24) is 10.2 Å². The van der Waals surface area contributed by atoms with Gasteiger partial charge < -0.3 is 19.2 Å². The molecule has 0 amide bonds. The van der Waals surface area contributed by atoms with Crippen LogP contribution in [0.4, 0.5) is 5.69 Å². The third-order valence-electron chi connectivity index (χ3n) is 3.45. The largest absolute Gasteiger partial charge is 0.484 e. The molecule has 0 atom stereocenters. The summed E-state index contributed by atoms with van der Waals surface area (Å²) >= 11 is 0. The summed E-state index contributed by atoms with van der Waals surface area (Å²) in [6.07, 6.45) is 0. The van der Waals surface area contributed by atoms with E-state index in [1.807, 2.05) is 30.3 Å². The van der Waals surface area contributed by atoms with Crippen LogP contribution in [-0.4, -0.2) is 22.8 Å². The molecule has 7 heteroatoms. The molecule has 1 aromatic heterocycles. The Morgan fingerprint density at radius 2 is 1.77 bits per heavy atom. The SMILES string of the molecule is CCOC(=O)c1ccc(NCc2nnc(COc3ccccc3)o2)cc1. The number of hydrogen-bond donors (Lipinski definition) is 1. The van der Waals surface area contributed by atoms with Gasteiger partial charge in [-0.1, -0.05) is 18.2 Å². The van der Waals surface area contributed by atoms with Gasteiger partial charge in [-0.15, -0.1) is 10.2 Å². The van der Waals surface area contributed by atoms with E-state index >= 15 is 0 Å².